The van der Waals surface area contributed by atoms with E-state index in [-0.39, 0.29) is 6.04 Å². The molecule has 3 N–H and O–H groups in total. The van der Waals surface area contributed by atoms with Gasteiger partial charge in [0.25, 0.3) is 0 Å². The first-order valence-corrected chi connectivity index (χ1v) is 7.17. The lowest BCUT2D eigenvalue weighted by Gasteiger charge is -2.18. The summed E-state index contributed by atoms with van der Waals surface area (Å²) in [5, 5.41) is 0.722. The lowest BCUT2D eigenvalue weighted by molar-refractivity contribution is 0.543. The molecule has 0 amide bonds. The molecule has 0 saturated heterocycles. The van der Waals surface area contributed by atoms with Crippen LogP contribution in [0.5, 0.6) is 0 Å². The van der Waals surface area contributed by atoms with E-state index in [1.54, 1.807) is 0 Å². The molecule has 0 bridgehead atoms. The SMILES string of the molecule is CCc1ccc(CC(NN)c2cc(Cl)ccc2C)nc1. The maximum Gasteiger partial charge on any atom is 0.0518 e. The number of hydrogen-bond donors (Lipinski definition) is 2. The standard InChI is InChI=1S/C16H20ClN3/c1-3-12-5-7-14(19-10-12)9-16(20-18)15-8-13(17)6-4-11(15)2/h4-8,10,16,20H,3,9,18H2,1-2H3. The lowest BCUT2D eigenvalue weighted by Crippen LogP contribution is -2.30. The number of pyridine rings is 1. The van der Waals surface area contributed by atoms with Gasteiger partial charge in [-0.25, -0.2) is 0 Å². The molecule has 0 aliphatic rings. The van der Waals surface area contributed by atoms with E-state index in [1.807, 2.05) is 24.4 Å². The highest BCUT2D eigenvalue weighted by Crippen LogP contribution is 2.24. The van der Waals surface area contributed by atoms with E-state index in [2.05, 4.69) is 36.4 Å². The van der Waals surface area contributed by atoms with Crippen LogP contribution in [-0.2, 0) is 12.8 Å². The van der Waals surface area contributed by atoms with Gasteiger partial charge in [0, 0.05) is 23.3 Å². The fourth-order valence-electron chi connectivity index (χ4n) is 2.24. The summed E-state index contributed by atoms with van der Waals surface area (Å²) in [4.78, 5) is 4.49. The fourth-order valence-corrected chi connectivity index (χ4v) is 2.42. The van der Waals surface area contributed by atoms with E-state index in [1.165, 1.54) is 11.1 Å². The quantitative estimate of drug-likeness (QED) is 0.655. The predicted molar refractivity (Wildman–Crippen MR) is 83.6 cm³/mol. The average molecular weight is 290 g/mol. The number of aromatic nitrogens is 1. The van der Waals surface area contributed by atoms with Crippen LogP contribution in [0.3, 0.4) is 0 Å². The van der Waals surface area contributed by atoms with Gasteiger partial charge in [0.05, 0.1) is 6.04 Å². The van der Waals surface area contributed by atoms with Crippen LogP contribution in [0.4, 0.5) is 0 Å². The number of nitrogens with two attached hydrogens (primary N) is 1. The molecule has 4 heteroatoms. The molecule has 0 saturated carbocycles. The van der Waals surface area contributed by atoms with E-state index in [0.717, 1.165) is 29.1 Å². The Balaban J connectivity index is 2.21. The van der Waals surface area contributed by atoms with Crippen molar-refractivity contribution in [3.63, 3.8) is 0 Å². The van der Waals surface area contributed by atoms with Crippen LogP contribution in [0.2, 0.25) is 5.02 Å². The van der Waals surface area contributed by atoms with Gasteiger partial charge in [-0.1, -0.05) is 30.7 Å². The van der Waals surface area contributed by atoms with E-state index in [4.69, 9.17) is 17.4 Å². The summed E-state index contributed by atoms with van der Waals surface area (Å²) < 4.78 is 0. The molecular weight excluding hydrogens is 270 g/mol. The third-order valence-corrected chi connectivity index (χ3v) is 3.76. The number of halogens is 1. The maximum atomic E-state index is 6.08. The number of nitrogens with one attached hydrogen (secondary N) is 1. The van der Waals surface area contributed by atoms with Crippen molar-refractivity contribution in [2.45, 2.75) is 32.7 Å². The molecule has 1 heterocycles. The van der Waals surface area contributed by atoms with Crippen LogP contribution in [-0.4, -0.2) is 4.98 Å². The predicted octanol–water partition coefficient (Wildman–Crippen LogP) is 3.35. The van der Waals surface area contributed by atoms with Gasteiger partial charge in [0.15, 0.2) is 0 Å². The molecule has 0 radical (unpaired) electrons. The summed E-state index contributed by atoms with van der Waals surface area (Å²) in [5.74, 6) is 5.71. The second-order valence-electron chi connectivity index (χ2n) is 4.94. The molecule has 3 nitrogen and oxygen atoms in total. The molecule has 1 atom stereocenters. The fraction of sp³-hybridized carbons (Fsp3) is 0.312. The maximum absolute atomic E-state index is 6.08. The van der Waals surface area contributed by atoms with Crippen molar-refractivity contribution in [3.05, 3.63) is 63.9 Å². The van der Waals surface area contributed by atoms with Crippen LogP contribution >= 0.6 is 11.6 Å². The zero-order valence-corrected chi connectivity index (χ0v) is 12.6. The molecular formula is C16H20ClN3. The van der Waals surface area contributed by atoms with Crippen molar-refractivity contribution < 1.29 is 0 Å². The minimum Gasteiger partial charge on any atom is -0.271 e. The van der Waals surface area contributed by atoms with Crippen LogP contribution in [0.1, 0.15) is 35.3 Å². The average Bonchev–Trinajstić information content (AvgIpc) is 2.48. The number of rotatable bonds is 5. The molecule has 0 fully saturated rings. The minimum absolute atomic E-state index is 0.00803. The molecule has 0 aliphatic heterocycles. The lowest BCUT2D eigenvalue weighted by atomic mass is 9.97. The molecule has 2 rings (SSSR count). The molecule has 0 aliphatic carbocycles. The van der Waals surface area contributed by atoms with Crippen molar-refractivity contribution in [2.24, 2.45) is 5.84 Å². The Morgan fingerprint density at radius 1 is 1.30 bits per heavy atom. The first-order valence-electron chi connectivity index (χ1n) is 6.80. The molecule has 1 aromatic heterocycles. The van der Waals surface area contributed by atoms with Gasteiger partial charge in [0.1, 0.15) is 0 Å². The van der Waals surface area contributed by atoms with E-state index in [0.29, 0.717) is 0 Å². The summed E-state index contributed by atoms with van der Waals surface area (Å²) in [6.45, 7) is 4.18. The van der Waals surface area contributed by atoms with Gasteiger partial charge in [-0.3, -0.25) is 16.3 Å². The normalized spacial score (nSPS) is 12.4. The summed E-state index contributed by atoms with van der Waals surface area (Å²) in [6, 6.07) is 10.0. The van der Waals surface area contributed by atoms with Crippen molar-refractivity contribution >= 4 is 11.6 Å². The van der Waals surface area contributed by atoms with E-state index < -0.39 is 0 Å². The largest absolute Gasteiger partial charge is 0.271 e. The number of hydrogen-bond acceptors (Lipinski definition) is 3. The smallest absolute Gasteiger partial charge is 0.0518 e. The first-order chi connectivity index (χ1) is 9.63. The topological polar surface area (TPSA) is 50.9 Å². The van der Waals surface area contributed by atoms with Gasteiger partial charge in [-0.05, 0) is 48.2 Å². The third kappa shape index (κ3) is 3.57. The van der Waals surface area contributed by atoms with Crippen LogP contribution in [0.25, 0.3) is 0 Å². The highest BCUT2D eigenvalue weighted by molar-refractivity contribution is 6.30. The van der Waals surface area contributed by atoms with Crippen molar-refractivity contribution in [2.75, 3.05) is 0 Å². The van der Waals surface area contributed by atoms with Crippen LogP contribution in [0.15, 0.2) is 36.5 Å². The summed E-state index contributed by atoms with van der Waals surface area (Å²) in [7, 11) is 0. The number of nitrogens with zero attached hydrogens (tertiary/aromatic N) is 1. The number of hydrazine groups is 1. The Hall–Kier alpha value is -1.42. The molecule has 106 valence electrons. The van der Waals surface area contributed by atoms with Crippen molar-refractivity contribution in [1.82, 2.24) is 10.4 Å². The second kappa shape index (κ2) is 6.84. The third-order valence-electron chi connectivity index (χ3n) is 3.53. The minimum atomic E-state index is 0.00803. The van der Waals surface area contributed by atoms with Gasteiger partial charge in [-0.2, -0.15) is 0 Å². The van der Waals surface area contributed by atoms with Crippen LogP contribution in [0, 0.1) is 6.92 Å². The Morgan fingerprint density at radius 2 is 2.10 bits per heavy atom. The second-order valence-corrected chi connectivity index (χ2v) is 5.37. The zero-order chi connectivity index (χ0) is 14.5. The van der Waals surface area contributed by atoms with Gasteiger partial charge < -0.3 is 0 Å². The highest BCUT2D eigenvalue weighted by Gasteiger charge is 2.14. The van der Waals surface area contributed by atoms with Gasteiger partial charge >= 0.3 is 0 Å². The van der Waals surface area contributed by atoms with E-state index in [9.17, 15) is 0 Å². The van der Waals surface area contributed by atoms with Crippen molar-refractivity contribution in [1.29, 1.82) is 0 Å². The number of benzene rings is 1. The molecule has 1 aromatic carbocycles. The summed E-state index contributed by atoms with van der Waals surface area (Å²) in [5.41, 5.74) is 7.40. The monoisotopic (exact) mass is 289 g/mol. The van der Waals surface area contributed by atoms with Gasteiger partial charge in [0.2, 0.25) is 0 Å². The Kier molecular flexibility index (Phi) is 5.12. The molecule has 0 spiro atoms. The molecule has 2 aromatic rings. The van der Waals surface area contributed by atoms with Crippen LogP contribution < -0.4 is 11.3 Å². The molecule has 1 unspecified atom stereocenters. The van der Waals surface area contributed by atoms with Gasteiger partial charge in [-0.15, -0.1) is 0 Å². The van der Waals surface area contributed by atoms with E-state index >= 15 is 0 Å². The van der Waals surface area contributed by atoms with Crippen molar-refractivity contribution in [3.8, 4) is 0 Å². The zero-order valence-electron chi connectivity index (χ0n) is 11.9. The Morgan fingerprint density at radius 3 is 2.70 bits per heavy atom. The first kappa shape index (κ1) is 15.0. The summed E-state index contributed by atoms with van der Waals surface area (Å²) >= 11 is 6.08. The molecule has 20 heavy (non-hydrogen) atoms. The Bertz CT molecular complexity index is 566. The Labute approximate surface area is 125 Å². The number of aryl methyl sites for hydroxylation is 2. The summed E-state index contributed by atoms with van der Waals surface area (Å²) in [6.07, 6.45) is 3.66. The highest BCUT2D eigenvalue weighted by atomic mass is 35.5.